The average molecular weight is 337 g/mol. The van der Waals surface area contributed by atoms with E-state index in [1.165, 1.54) is 7.11 Å². The molecule has 0 aliphatic heterocycles. The Morgan fingerprint density at radius 2 is 1.80 bits per heavy atom. The van der Waals surface area contributed by atoms with Gasteiger partial charge in [-0.25, -0.2) is 4.79 Å². The Kier molecular flexibility index (Phi) is 5.49. The van der Waals surface area contributed by atoms with Gasteiger partial charge in [0.1, 0.15) is 5.78 Å². The van der Waals surface area contributed by atoms with Crippen LogP contribution in [-0.2, 0) is 9.53 Å². The number of nitrogens with one attached hydrogen (secondary N) is 1. The summed E-state index contributed by atoms with van der Waals surface area (Å²) in [6, 6.07) is 17.2. The highest BCUT2D eigenvalue weighted by molar-refractivity contribution is 5.89. The summed E-state index contributed by atoms with van der Waals surface area (Å²) in [6.07, 6.45) is 3.60. The van der Waals surface area contributed by atoms with Gasteiger partial charge in [-0.1, -0.05) is 36.8 Å². The zero-order valence-corrected chi connectivity index (χ0v) is 14.4. The number of esters is 1. The predicted molar refractivity (Wildman–Crippen MR) is 97.6 cm³/mol. The van der Waals surface area contributed by atoms with E-state index in [1.54, 1.807) is 12.1 Å². The number of ketones is 1. The van der Waals surface area contributed by atoms with Crippen molar-refractivity contribution in [1.29, 1.82) is 0 Å². The van der Waals surface area contributed by atoms with Crippen LogP contribution in [0.15, 0.2) is 54.6 Å². The van der Waals surface area contributed by atoms with Crippen molar-refractivity contribution in [3.63, 3.8) is 0 Å². The smallest absolute Gasteiger partial charge is 0.337 e. The molecule has 1 aliphatic rings. The molecule has 2 atom stereocenters. The molecule has 0 spiro atoms. The summed E-state index contributed by atoms with van der Waals surface area (Å²) in [5.41, 5.74) is 2.51. The van der Waals surface area contributed by atoms with E-state index in [0.717, 1.165) is 30.5 Å². The lowest BCUT2D eigenvalue weighted by molar-refractivity contribution is -0.125. The molecule has 0 unspecified atom stereocenters. The molecule has 0 heterocycles. The van der Waals surface area contributed by atoms with Crippen LogP contribution in [0.1, 0.15) is 47.6 Å². The first kappa shape index (κ1) is 17.2. The number of rotatable bonds is 5. The monoisotopic (exact) mass is 337 g/mol. The zero-order chi connectivity index (χ0) is 17.6. The molecular weight excluding hydrogens is 314 g/mol. The molecule has 0 saturated heterocycles. The number of carbonyl (C=O) groups excluding carboxylic acids is 2. The number of benzene rings is 2. The van der Waals surface area contributed by atoms with Gasteiger partial charge in [0.05, 0.1) is 18.7 Å². The van der Waals surface area contributed by atoms with Crippen LogP contribution in [0.25, 0.3) is 0 Å². The quantitative estimate of drug-likeness (QED) is 0.822. The number of Topliss-reactive ketones (excluding diaryl/α,β-unsaturated/α-hetero) is 1. The van der Waals surface area contributed by atoms with Gasteiger partial charge >= 0.3 is 5.97 Å². The van der Waals surface area contributed by atoms with Crippen LogP contribution in [0.4, 0.5) is 5.69 Å². The lowest BCUT2D eigenvalue weighted by Crippen LogP contribution is -2.30. The van der Waals surface area contributed by atoms with E-state index >= 15 is 0 Å². The van der Waals surface area contributed by atoms with Gasteiger partial charge in [-0.05, 0) is 42.7 Å². The van der Waals surface area contributed by atoms with E-state index in [4.69, 9.17) is 4.74 Å². The number of para-hydroxylation sites is 1. The average Bonchev–Trinajstić information content (AvgIpc) is 2.67. The summed E-state index contributed by atoms with van der Waals surface area (Å²) in [5, 5.41) is 3.52. The minimum Gasteiger partial charge on any atom is -0.465 e. The Balaban J connectivity index is 1.89. The summed E-state index contributed by atoms with van der Waals surface area (Å²) >= 11 is 0. The second kappa shape index (κ2) is 7.97. The molecule has 2 aromatic carbocycles. The van der Waals surface area contributed by atoms with Gasteiger partial charge in [-0.15, -0.1) is 0 Å². The Labute approximate surface area is 148 Å². The highest BCUT2D eigenvalue weighted by atomic mass is 16.5. The highest BCUT2D eigenvalue weighted by Gasteiger charge is 2.31. The van der Waals surface area contributed by atoms with Crippen molar-refractivity contribution in [3.05, 3.63) is 65.7 Å². The molecule has 4 heteroatoms. The number of carbonyl (C=O) groups is 2. The lowest BCUT2D eigenvalue weighted by Gasteiger charge is -2.31. The molecule has 0 radical (unpaired) electrons. The third-order valence-corrected chi connectivity index (χ3v) is 4.79. The molecule has 1 fully saturated rings. The zero-order valence-electron chi connectivity index (χ0n) is 14.4. The molecular formula is C21H23NO3. The normalized spacial score (nSPS) is 18.4. The maximum atomic E-state index is 12.5. The van der Waals surface area contributed by atoms with Crippen LogP contribution in [0.2, 0.25) is 0 Å². The summed E-state index contributed by atoms with van der Waals surface area (Å²) in [5.74, 6) is -0.0810. The molecule has 4 nitrogen and oxygen atoms in total. The second-order valence-electron chi connectivity index (χ2n) is 6.42. The first-order valence-electron chi connectivity index (χ1n) is 8.71. The van der Waals surface area contributed by atoms with Crippen LogP contribution in [-0.4, -0.2) is 18.9 Å². The topological polar surface area (TPSA) is 55.4 Å². The largest absolute Gasteiger partial charge is 0.465 e. The first-order valence-corrected chi connectivity index (χ1v) is 8.71. The summed E-state index contributed by atoms with van der Waals surface area (Å²) < 4.78 is 4.76. The Bertz CT molecular complexity index is 725. The van der Waals surface area contributed by atoms with Crippen molar-refractivity contribution in [2.45, 2.75) is 31.7 Å². The molecule has 0 bridgehead atoms. The predicted octanol–water partition coefficient (Wildman–Crippen LogP) is 4.39. The SMILES string of the molecule is COC(=O)c1ccc([C@H](Nc2ccccc2)[C@H]2CCCCC2=O)cc1. The van der Waals surface area contributed by atoms with Crippen molar-refractivity contribution in [3.8, 4) is 0 Å². The fourth-order valence-corrected chi connectivity index (χ4v) is 3.44. The van der Waals surface area contributed by atoms with E-state index in [9.17, 15) is 9.59 Å². The van der Waals surface area contributed by atoms with Crippen LogP contribution < -0.4 is 5.32 Å². The minimum absolute atomic E-state index is 0.0436. The number of anilines is 1. The van der Waals surface area contributed by atoms with Gasteiger partial charge in [-0.3, -0.25) is 4.79 Å². The number of hydrogen-bond acceptors (Lipinski definition) is 4. The van der Waals surface area contributed by atoms with Crippen molar-refractivity contribution >= 4 is 17.4 Å². The van der Waals surface area contributed by atoms with Crippen molar-refractivity contribution in [1.82, 2.24) is 0 Å². The van der Waals surface area contributed by atoms with Crippen molar-refractivity contribution < 1.29 is 14.3 Å². The summed E-state index contributed by atoms with van der Waals surface area (Å²) in [6.45, 7) is 0. The fraction of sp³-hybridized carbons (Fsp3) is 0.333. The van der Waals surface area contributed by atoms with Crippen LogP contribution in [0.3, 0.4) is 0 Å². The maximum absolute atomic E-state index is 12.5. The summed E-state index contributed by atoms with van der Waals surface area (Å²) in [4.78, 5) is 24.2. The highest BCUT2D eigenvalue weighted by Crippen LogP contribution is 2.35. The molecule has 3 rings (SSSR count). The van der Waals surface area contributed by atoms with E-state index in [0.29, 0.717) is 17.8 Å². The van der Waals surface area contributed by atoms with Crippen LogP contribution in [0.5, 0.6) is 0 Å². The lowest BCUT2D eigenvalue weighted by atomic mass is 9.80. The molecule has 2 aromatic rings. The molecule has 0 aromatic heterocycles. The molecule has 0 amide bonds. The molecule has 1 aliphatic carbocycles. The van der Waals surface area contributed by atoms with E-state index < -0.39 is 0 Å². The number of ether oxygens (including phenoxy) is 1. The van der Waals surface area contributed by atoms with Crippen LogP contribution >= 0.6 is 0 Å². The maximum Gasteiger partial charge on any atom is 0.337 e. The standard InChI is InChI=1S/C21H23NO3/c1-25-21(24)16-13-11-15(12-14-16)20(18-9-5-6-10-19(18)23)22-17-7-3-2-4-8-17/h2-4,7-8,11-14,18,20,22H,5-6,9-10H2,1H3/t18-,20-/m0/s1. The summed E-state index contributed by atoms with van der Waals surface area (Å²) in [7, 11) is 1.37. The molecule has 25 heavy (non-hydrogen) atoms. The second-order valence-corrected chi connectivity index (χ2v) is 6.42. The Morgan fingerprint density at radius 1 is 1.08 bits per heavy atom. The Morgan fingerprint density at radius 3 is 2.44 bits per heavy atom. The van der Waals surface area contributed by atoms with E-state index in [-0.39, 0.29) is 17.9 Å². The van der Waals surface area contributed by atoms with E-state index in [1.807, 2.05) is 42.5 Å². The molecule has 130 valence electrons. The number of methoxy groups -OCH3 is 1. The van der Waals surface area contributed by atoms with Gasteiger partial charge in [0.15, 0.2) is 0 Å². The van der Waals surface area contributed by atoms with Crippen molar-refractivity contribution in [2.24, 2.45) is 5.92 Å². The van der Waals surface area contributed by atoms with Gasteiger partial charge in [0, 0.05) is 18.0 Å². The van der Waals surface area contributed by atoms with Gasteiger partial charge < -0.3 is 10.1 Å². The van der Waals surface area contributed by atoms with Gasteiger partial charge in [0.2, 0.25) is 0 Å². The first-order chi connectivity index (χ1) is 12.2. The minimum atomic E-state index is -0.354. The number of hydrogen-bond donors (Lipinski definition) is 1. The van der Waals surface area contributed by atoms with E-state index in [2.05, 4.69) is 5.32 Å². The fourth-order valence-electron chi connectivity index (χ4n) is 3.44. The Hall–Kier alpha value is -2.62. The third-order valence-electron chi connectivity index (χ3n) is 4.79. The van der Waals surface area contributed by atoms with Gasteiger partial charge in [0.25, 0.3) is 0 Å². The molecule has 1 saturated carbocycles. The molecule has 1 N–H and O–H groups in total. The van der Waals surface area contributed by atoms with Crippen LogP contribution in [0, 0.1) is 5.92 Å². The van der Waals surface area contributed by atoms with Gasteiger partial charge in [-0.2, -0.15) is 0 Å². The van der Waals surface area contributed by atoms with Crippen molar-refractivity contribution in [2.75, 3.05) is 12.4 Å². The third kappa shape index (κ3) is 4.08.